The Labute approximate surface area is 75.1 Å². The first-order valence-electron chi connectivity index (χ1n) is 0. The number of hydrogen-bond acceptors (Lipinski definition) is 0. The molecule has 0 bridgehead atoms. The molecule has 0 rings (SSSR count). The van der Waals surface area contributed by atoms with Gasteiger partial charge >= 0.3 is 0 Å². The van der Waals surface area contributed by atoms with Gasteiger partial charge < -0.3 is 54.8 Å². The molecular weight excluding hydrogens is 225 g/mol. The van der Waals surface area contributed by atoms with Crippen molar-refractivity contribution in [2.45, 2.75) is 0 Å². The topological polar surface area (TPSA) is 315 Å². The van der Waals surface area contributed by atoms with Crippen LogP contribution in [0.3, 0.4) is 0 Å². The third-order valence-corrected chi connectivity index (χ3v) is 0. The second kappa shape index (κ2) is 17400. The molecule has 0 spiro atoms. The molecule has 0 saturated heterocycles. The van der Waals surface area contributed by atoms with Crippen molar-refractivity contribution < 1.29 is 74.2 Å². The van der Waals surface area contributed by atoms with Crippen LogP contribution in [0.2, 0.25) is 0 Å². The van der Waals surface area contributed by atoms with E-state index in [0.717, 1.165) is 0 Å². The summed E-state index contributed by atoms with van der Waals surface area (Å²) in [7, 11) is 0. The molecule has 0 aliphatic carbocycles. The van der Waals surface area contributed by atoms with Crippen molar-refractivity contribution in [3.05, 3.63) is 0 Å². The molecule has 11 heteroatoms. The van der Waals surface area contributed by atoms with Crippen LogP contribution in [-0.2, 0) is 19.5 Å². The van der Waals surface area contributed by atoms with Crippen molar-refractivity contribution in [1.82, 2.24) is 0 Å². The Kier molecular flexibility index (Phi) is 37300000. The Balaban J connectivity index is 0. The Morgan fingerprint density at radius 2 is 0.182 bits per heavy atom. The zero-order chi connectivity index (χ0) is 0. The van der Waals surface area contributed by atoms with Crippen molar-refractivity contribution in [2.24, 2.45) is 0 Å². The Morgan fingerprint density at radius 3 is 0.182 bits per heavy atom. The molecule has 0 aliphatic heterocycles. The molecule has 11 heavy (non-hydrogen) atoms. The van der Waals surface area contributed by atoms with Crippen molar-refractivity contribution >= 4 is 0 Å². The minimum atomic E-state index is 0. The van der Waals surface area contributed by atoms with Crippen LogP contribution >= 0.6 is 0 Å². The molecule has 0 saturated carbocycles. The molecule has 0 aromatic heterocycles. The van der Waals surface area contributed by atoms with E-state index in [1.54, 1.807) is 0 Å². The molecule has 0 atom stereocenters. The Bertz CT molecular complexity index is 4.83. The summed E-state index contributed by atoms with van der Waals surface area (Å²) in [6.07, 6.45) is 0. The summed E-state index contributed by atoms with van der Waals surface area (Å²) in [4.78, 5) is 0. The fourth-order valence-corrected chi connectivity index (χ4v) is 0. The first-order chi connectivity index (χ1) is 0. The summed E-state index contributed by atoms with van der Waals surface area (Å²) < 4.78 is 0. The van der Waals surface area contributed by atoms with Gasteiger partial charge in [-0.1, -0.05) is 0 Å². The second-order valence-corrected chi connectivity index (χ2v) is 0. The van der Waals surface area contributed by atoms with Gasteiger partial charge in [0.2, 0.25) is 0 Å². The third-order valence-electron chi connectivity index (χ3n) is 0. The van der Waals surface area contributed by atoms with Crippen LogP contribution in [0.4, 0.5) is 0 Å². The number of hydrogen-bond donors (Lipinski definition) is 0. The van der Waals surface area contributed by atoms with Crippen LogP contribution in [0.1, 0.15) is 0 Å². The summed E-state index contributed by atoms with van der Waals surface area (Å²) in [5.41, 5.74) is 0. The normalized spacial score (nSPS) is 0. The molecule has 0 radical (unpaired) electrons. The van der Waals surface area contributed by atoms with Gasteiger partial charge in [-0.2, -0.15) is 0 Å². The van der Waals surface area contributed by atoms with Crippen molar-refractivity contribution in [3.8, 4) is 0 Å². The monoisotopic (exact) mass is 244 g/mol. The summed E-state index contributed by atoms with van der Waals surface area (Å²) in [6, 6.07) is 0. The van der Waals surface area contributed by atoms with Crippen LogP contribution in [0.25, 0.3) is 0 Å². The van der Waals surface area contributed by atoms with Gasteiger partial charge in [0.1, 0.15) is 0 Å². The van der Waals surface area contributed by atoms with Gasteiger partial charge in [-0.25, -0.2) is 0 Å². The van der Waals surface area contributed by atoms with Gasteiger partial charge in [0.05, 0.1) is 0 Å². The average molecular weight is 246 g/mol. The molecular formula is H20O10Zn. The first-order valence-corrected chi connectivity index (χ1v) is 0. The van der Waals surface area contributed by atoms with E-state index in [1.807, 2.05) is 0 Å². The second-order valence-electron chi connectivity index (χ2n) is 0. The molecule has 0 fully saturated rings. The van der Waals surface area contributed by atoms with Crippen molar-refractivity contribution in [3.63, 3.8) is 0 Å². The summed E-state index contributed by atoms with van der Waals surface area (Å²) >= 11 is 0. The SMILES string of the molecule is O.O.O.O.O.O.O.O.O.O.[Zn]. The minimum Gasteiger partial charge on any atom is -0.412 e. The first kappa shape index (κ1) is 23500. The minimum absolute atomic E-state index is 0. The summed E-state index contributed by atoms with van der Waals surface area (Å²) in [6.45, 7) is 0. The summed E-state index contributed by atoms with van der Waals surface area (Å²) in [5, 5.41) is 0. The Hall–Kier alpha value is 0.223. The predicted octanol–water partition coefficient (Wildman–Crippen LogP) is -8.25. The molecule has 10 nitrogen and oxygen atoms in total. The molecule has 0 aromatic rings. The summed E-state index contributed by atoms with van der Waals surface area (Å²) in [5.74, 6) is 0. The molecule has 0 heterocycles. The fraction of sp³-hybridized carbons (Fsp3) is 0. The van der Waals surface area contributed by atoms with E-state index in [-0.39, 0.29) is 74.2 Å². The molecule has 82 valence electrons. The smallest absolute Gasteiger partial charge is 0 e. The predicted molar refractivity (Wildman–Crippen MR) is 36.1 cm³/mol. The number of rotatable bonds is 0. The van der Waals surface area contributed by atoms with Gasteiger partial charge in [-0.3, -0.25) is 0 Å². The third kappa shape index (κ3) is 13900. The molecule has 0 amide bonds. The molecule has 0 unspecified atom stereocenters. The van der Waals surface area contributed by atoms with Crippen LogP contribution in [0.15, 0.2) is 0 Å². The molecule has 0 aliphatic rings. The zero-order valence-corrected chi connectivity index (χ0v) is 8.67. The van der Waals surface area contributed by atoms with E-state index in [9.17, 15) is 0 Å². The van der Waals surface area contributed by atoms with E-state index in [4.69, 9.17) is 0 Å². The van der Waals surface area contributed by atoms with E-state index >= 15 is 0 Å². The quantitative estimate of drug-likeness (QED) is 0.358. The van der Waals surface area contributed by atoms with Crippen molar-refractivity contribution in [2.75, 3.05) is 0 Å². The van der Waals surface area contributed by atoms with Crippen LogP contribution in [0, 0.1) is 0 Å². The van der Waals surface area contributed by atoms with Gasteiger partial charge in [-0.15, -0.1) is 0 Å². The van der Waals surface area contributed by atoms with E-state index in [0.29, 0.717) is 0 Å². The maximum atomic E-state index is 0. The van der Waals surface area contributed by atoms with E-state index < -0.39 is 0 Å². The van der Waals surface area contributed by atoms with Gasteiger partial charge in [0.15, 0.2) is 0 Å². The van der Waals surface area contributed by atoms with Crippen LogP contribution < -0.4 is 0 Å². The average Bonchev–Trinajstić information content (AvgIpc) is 0. The zero-order valence-electron chi connectivity index (χ0n) is 5.71. The van der Waals surface area contributed by atoms with Crippen molar-refractivity contribution in [1.29, 1.82) is 0 Å². The Morgan fingerprint density at radius 1 is 0.182 bits per heavy atom. The largest absolute Gasteiger partial charge is 0.412 e. The molecule has 0 aromatic carbocycles. The fourth-order valence-electron chi connectivity index (χ4n) is 0. The maximum absolute atomic E-state index is 0. The van der Waals surface area contributed by atoms with Gasteiger partial charge in [-0.05, 0) is 0 Å². The van der Waals surface area contributed by atoms with Crippen LogP contribution in [0.5, 0.6) is 0 Å². The maximum Gasteiger partial charge on any atom is 0 e. The van der Waals surface area contributed by atoms with Gasteiger partial charge in [0.25, 0.3) is 0 Å². The molecule has 20 N–H and O–H groups in total. The van der Waals surface area contributed by atoms with Crippen LogP contribution in [-0.4, -0.2) is 54.8 Å². The van der Waals surface area contributed by atoms with E-state index in [1.165, 1.54) is 0 Å². The van der Waals surface area contributed by atoms with Gasteiger partial charge in [0, 0.05) is 19.5 Å². The standard InChI is InChI=1S/10H2O.Zn/h10*1H2;. The van der Waals surface area contributed by atoms with E-state index in [2.05, 4.69) is 0 Å².